The molecule has 0 radical (unpaired) electrons. The second-order valence-electron chi connectivity index (χ2n) is 8.87. The van der Waals surface area contributed by atoms with Crippen LogP contribution in [-0.2, 0) is 11.3 Å². The minimum absolute atomic E-state index is 0.0433. The van der Waals surface area contributed by atoms with Crippen LogP contribution < -0.4 is 25.6 Å². The largest absolute Gasteiger partial charge is 0.497 e. The summed E-state index contributed by atoms with van der Waals surface area (Å²) in [7, 11) is 1.64. The molecule has 200 valence electrons. The zero-order valence-corrected chi connectivity index (χ0v) is 22.7. The molecule has 3 aromatic rings. The Morgan fingerprint density at radius 3 is 2.16 bits per heavy atom. The molecule has 8 nitrogen and oxygen atoms in total. The van der Waals surface area contributed by atoms with Crippen LogP contribution in [0, 0.1) is 0 Å². The number of nitrogens with zero attached hydrogens (tertiary/aromatic N) is 2. The number of methoxy groups -OCH3 is 1. The maximum Gasteiger partial charge on any atom is 0.322 e. The molecule has 4 rings (SSSR count). The molecule has 1 saturated heterocycles. The van der Waals surface area contributed by atoms with Crippen LogP contribution in [0.5, 0.6) is 5.75 Å². The number of para-hydroxylation sites is 1. The summed E-state index contributed by atoms with van der Waals surface area (Å²) in [5, 5.41) is 9.85. The lowest BCUT2D eigenvalue weighted by Crippen LogP contribution is -2.50. The maximum atomic E-state index is 12.7. The summed E-state index contributed by atoms with van der Waals surface area (Å²) in [6.45, 7) is 3.78. The van der Waals surface area contributed by atoms with Gasteiger partial charge in [-0.15, -0.1) is 0 Å². The van der Waals surface area contributed by atoms with E-state index >= 15 is 0 Å². The number of carbonyl (C=O) groups is 2. The Morgan fingerprint density at radius 2 is 1.53 bits per heavy atom. The summed E-state index contributed by atoms with van der Waals surface area (Å²) in [6.07, 6.45) is 0.376. The fourth-order valence-electron chi connectivity index (χ4n) is 4.13. The van der Waals surface area contributed by atoms with E-state index in [4.69, 9.17) is 27.9 Å². The van der Waals surface area contributed by atoms with Crippen molar-refractivity contribution >= 4 is 52.2 Å². The average Bonchev–Trinajstić information content (AvgIpc) is 2.94. The molecule has 0 aromatic heterocycles. The van der Waals surface area contributed by atoms with E-state index < -0.39 is 0 Å². The van der Waals surface area contributed by atoms with E-state index in [1.165, 1.54) is 0 Å². The molecule has 1 aliphatic heterocycles. The van der Waals surface area contributed by atoms with E-state index in [1.807, 2.05) is 48.5 Å². The predicted molar refractivity (Wildman–Crippen MR) is 154 cm³/mol. The molecule has 1 fully saturated rings. The molecule has 0 saturated carbocycles. The van der Waals surface area contributed by atoms with Gasteiger partial charge in [0, 0.05) is 57.1 Å². The fraction of sp³-hybridized carbons (Fsp3) is 0.286. The summed E-state index contributed by atoms with van der Waals surface area (Å²) < 4.78 is 5.16. The molecule has 0 unspecified atom stereocenters. The molecule has 1 aliphatic rings. The molecule has 0 spiro atoms. The monoisotopic (exact) mass is 555 g/mol. The molecule has 1 heterocycles. The molecule has 3 N–H and O–H groups in total. The number of urea groups is 1. The standard InChI is InChI=1S/C28H31Cl2N5O3/c1-38-23-11-5-20(6-12-23)19-31-14-13-26(36)32-21-7-9-22(10-8-21)34-15-17-35(18-16-34)28(37)33-27-24(29)3-2-4-25(27)30/h2-12,31H,13-19H2,1H3,(H,32,36)(H,33,37). The van der Waals surface area contributed by atoms with Crippen molar-refractivity contribution in [2.45, 2.75) is 13.0 Å². The van der Waals surface area contributed by atoms with Gasteiger partial charge in [0.25, 0.3) is 0 Å². The van der Waals surface area contributed by atoms with Crippen molar-refractivity contribution in [3.63, 3.8) is 0 Å². The van der Waals surface area contributed by atoms with E-state index in [1.54, 1.807) is 30.2 Å². The highest BCUT2D eigenvalue weighted by atomic mass is 35.5. The lowest BCUT2D eigenvalue weighted by atomic mass is 10.2. The first-order valence-corrected chi connectivity index (χ1v) is 13.2. The molecular weight excluding hydrogens is 525 g/mol. The number of rotatable bonds is 9. The highest BCUT2D eigenvalue weighted by Crippen LogP contribution is 2.30. The van der Waals surface area contributed by atoms with Crippen LogP contribution in [0.4, 0.5) is 21.9 Å². The summed E-state index contributed by atoms with van der Waals surface area (Å²) in [6, 6.07) is 20.5. The number of hydrogen-bond acceptors (Lipinski definition) is 5. The third-order valence-electron chi connectivity index (χ3n) is 6.29. The van der Waals surface area contributed by atoms with Crippen LogP contribution in [0.15, 0.2) is 66.7 Å². The van der Waals surface area contributed by atoms with Crippen molar-refractivity contribution in [1.82, 2.24) is 10.2 Å². The lowest BCUT2D eigenvalue weighted by Gasteiger charge is -2.36. The van der Waals surface area contributed by atoms with Gasteiger partial charge in [-0.05, 0) is 54.1 Å². The fourth-order valence-corrected chi connectivity index (χ4v) is 4.62. The second-order valence-corrected chi connectivity index (χ2v) is 9.69. The highest BCUT2D eigenvalue weighted by molar-refractivity contribution is 6.39. The predicted octanol–water partition coefficient (Wildman–Crippen LogP) is 5.47. The van der Waals surface area contributed by atoms with Gasteiger partial charge in [-0.25, -0.2) is 4.79 Å². The van der Waals surface area contributed by atoms with Crippen LogP contribution >= 0.6 is 23.2 Å². The number of amides is 3. The Morgan fingerprint density at radius 1 is 0.868 bits per heavy atom. The van der Waals surface area contributed by atoms with Crippen molar-refractivity contribution in [3.05, 3.63) is 82.3 Å². The third-order valence-corrected chi connectivity index (χ3v) is 6.92. The number of halogens is 2. The number of carbonyl (C=O) groups excluding carboxylic acids is 2. The van der Waals surface area contributed by atoms with E-state index in [2.05, 4.69) is 20.9 Å². The van der Waals surface area contributed by atoms with Gasteiger partial charge in [-0.2, -0.15) is 0 Å². The molecule has 3 aromatic carbocycles. The molecule has 0 bridgehead atoms. The summed E-state index contributed by atoms with van der Waals surface area (Å²) in [4.78, 5) is 29.0. The highest BCUT2D eigenvalue weighted by Gasteiger charge is 2.22. The number of anilines is 3. The number of nitrogens with one attached hydrogen (secondary N) is 3. The van der Waals surface area contributed by atoms with Crippen molar-refractivity contribution in [2.24, 2.45) is 0 Å². The minimum Gasteiger partial charge on any atom is -0.497 e. The number of hydrogen-bond donors (Lipinski definition) is 3. The Bertz CT molecular complexity index is 1210. The van der Waals surface area contributed by atoms with Crippen molar-refractivity contribution in [1.29, 1.82) is 0 Å². The minimum atomic E-state index is -0.226. The Kier molecular flexibility index (Phi) is 9.70. The zero-order chi connectivity index (χ0) is 26.9. The van der Waals surface area contributed by atoms with Gasteiger partial charge in [-0.3, -0.25) is 4.79 Å². The van der Waals surface area contributed by atoms with Crippen LogP contribution in [0.2, 0.25) is 10.0 Å². The quantitative estimate of drug-likeness (QED) is 0.304. The maximum absolute atomic E-state index is 12.7. The first kappa shape index (κ1) is 27.6. The van der Waals surface area contributed by atoms with Gasteiger partial charge in [0.15, 0.2) is 0 Å². The molecule has 0 aliphatic carbocycles. The zero-order valence-electron chi connectivity index (χ0n) is 21.2. The lowest BCUT2D eigenvalue weighted by molar-refractivity contribution is -0.116. The average molecular weight is 556 g/mol. The first-order valence-electron chi connectivity index (χ1n) is 12.4. The summed E-state index contributed by atoms with van der Waals surface area (Å²) in [5.74, 6) is 0.780. The van der Waals surface area contributed by atoms with Gasteiger partial charge in [0.1, 0.15) is 5.75 Å². The topological polar surface area (TPSA) is 85.9 Å². The number of piperazine rings is 1. The van der Waals surface area contributed by atoms with Gasteiger partial charge in [0.05, 0.1) is 22.8 Å². The number of benzene rings is 3. The van der Waals surface area contributed by atoms with Crippen LogP contribution in [0.25, 0.3) is 0 Å². The molecule has 10 heteroatoms. The van der Waals surface area contributed by atoms with Gasteiger partial charge < -0.3 is 30.5 Å². The van der Waals surface area contributed by atoms with E-state index in [-0.39, 0.29) is 11.9 Å². The molecule has 0 atom stereocenters. The molecule has 38 heavy (non-hydrogen) atoms. The SMILES string of the molecule is COc1ccc(CNCCC(=O)Nc2ccc(N3CCN(C(=O)Nc4c(Cl)cccc4Cl)CC3)cc2)cc1. The van der Waals surface area contributed by atoms with Crippen LogP contribution in [-0.4, -0.2) is 56.7 Å². The van der Waals surface area contributed by atoms with Crippen molar-refractivity contribution in [2.75, 3.05) is 55.4 Å². The normalized spacial score (nSPS) is 13.2. The summed E-state index contributed by atoms with van der Waals surface area (Å²) >= 11 is 12.3. The van der Waals surface area contributed by atoms with E-state index in [0.29, 0.717) is 61.4 Å². The van der Waals surface area contributed by atoms with Crippen molar-refractivity contribution in [3.8, 4) is 5.75 Å². The van der Waals surface area contributed by atoms with E-state index in [0.717, 1.165) is 22.7 Å². The van der Waals surface area contributed by atoms with Gasteiger partial charge >= 0.3 is 6.03 Å². The first-order chi connectivity index (χ1) is 18.4. The van der Waals surface area contributed by atoms with Gasteiger partial charge in [0.2, 0.25) is 5.91 Å². The smallest absolute Gasteiger partial charge is 0.322 e. The van der Waals surface area contributed by atoms with Crippen LogP contribution in [0.1, 0.15) is 12.0 Å². The molecular formula is C28H31Cl2N5O3. The molecule has 3 amide bonds. The summed E-state index contributed by atoms with van der Waals surface area (Å²) in [5.41, 5.74) is 3.35. The Hall–Kier alpha value is -3.46. The van der Waals surface area contributed by atoms with Gasteiger partial charge in [-0.1, -0.05) is 41.4 Å². The Labute approximate surface area is 232 Å². The van der Waals surface area contributed by atoms with Crippen molar-refractivity contribution < 1.29 is 14.3 Å². The number of ether oxygens (including phenoxy) is 1. The van der Waals surface area contributed by atoms with Crippen LogP contribution in [0.3, 0.4) is 0 Å². The Balaban J connectivity index is 1.17. The third kappa shape index (κ3) is 7.54. The van der Waals surface area contributed by atoms with E-state index in [9.17, 15) is 9.59 Å². The second kappa shape index (κ2) is 13.4.